The Morgan fingerprint density at radius 3 is 2.38 bits per heavy atom. The third kappa shape index (κ3) is 3.31. The first kappa shape index (κ1) is 17.3. The van der Waals surface area contributed by atoms with Crippen molar-refractivity contribution in [2.45, 2.75) is 37.5 Å². The number of carbonyl (C=O) groups excluding carboxylic acids is 1. The predicted molar refractivity (Wildman–Crippen MR) is 86.3 cm³/mol. The summed E-state index contributed by atoms with van der Waals surface area (Å²) in [6.07, 6.45) is 3.22. The van der Waals surface area contributed by atoms with E-state index in [1.807, 2.05) is 0 Å². The fourth-order valence-corrected chi connectivity index (χ4v) is 5.72. The van der Waals surface area contributed by atoms with Crippen LogP contribution in [0.15, 0.2) is 18.2 Å². The van der Waals surface area contributed by atoms with Crippen LogP contribution in [-0.2, 0) is 20.0 Å². The molecule has 1 saturated heterocycles. The summed E-state index contributed by atoms with van der Waals surface area (Å²) in [5, 5.41) is 2.76. The van der Waals surface area contributed by atoms with Gasteiger partial charge in [0.05, 0.1) is 17.4 Å². The lowest BCUT2D eigenvalue weighted by Crippen LogP contribution is -2.42. The van der Waals surface area contributed by atoms with Crippen molar-refractivity contribution >= 4 is 15.7 Å². The van der Waals surface area contributed by atoms with Crippen LogP contribution >= 0.6 is 0 Å². The van der Waals surface area contributed by atoms with Crippen molar-refractivity contribution in [3.63, 3.8) is 0 Å². The lowest BCUT2D eigenvalue weighted by molar-refractivity contribution is -0.124. The number of amides is 1. The van der Waals surface area contributed by atoms with E-state index in [2.05, 4.69) is 5.32 Å². The second kappa shape index (κ2) is 6.43. The van der Waals surface area contributed by atoms with Gasteiger partial charge in [-0.05, 0) is 31.4 Å². The Morgan fingerprint density at radius 1 is 1.21 bits per heavy atom. The van der Waals surface area contributed by atoms with Crippen LogP contribution in [0.5, 0.6) is 0 Å². The van der Waals surface area contributed by atoms with Crippen LogP contribution < -0.4 is 5.32 Å². The lowest BCUT2D eigenvalue weighted by atomic mass is 9.78. The van der Waals surface area contributed by atoms with E-state index in [-0.39, 0.29) is 29.5 Å². The molecule has 1 aliphatic carbocycles. The van der Waals surface area contributed by atoms with E-state index in [1.54, 1.807) is 0 Å². The Balaban J connectivity index is 1.77. The Kier molecular flexibility index (Phi) is 4.64. The first-order valence-electron chi connectivity index (χ1n) is 8.26. The van der Waals surface area contributed by atoms with Crippen molar-refractivity contribution in [2.75, 3.05) is 18.1 Å². The minimum atomic E-state index is -3.14. The van der Waals surface area contributed by atoms with Gasteiger partial charge in [0.2, 0.25) is 5.91 Å². The maximum Gasteiger partial charge on any atom is 0.224 e. The van der Waals surface area contributed by atoms with Crippen molar-refractivity contribution in [1.29, 1.82) is 0 Å². The van der Waals surface area contributed by atoms with E-state index in [1.165, 1.54) is 18.2 Å². The third-order valence-corrected chi connectivity index (χ3v) is 7.03. The molecule has 7 heteroatoms. The molecule has 0 aromatic heterocycles. The molecule has 0 bridgehead atoms. The van der Waals surface area contributed by atoms with Crippen LogP contribution in [0.25, 0.3) is 0 Å². The fourth-order valence-electron chi connectivity index (χ4n) is 3.97. The highest BCUT2D eigenvalue weighted by Crippen LogP contribution is 2.42. The second-order valence-corrected chi connectivity index (χ2v) is 9.13. The highest BCUT2D eigenvalue weighted by Gasteiger charge is 2.41. The van der Waals surface area contributed by atoms with E-state index in [0.717, 1.165) is 12.8 Å². The number of benzene rings is 1. The molecule has 1 aromatic carbocycles. The molecule has 4 nitrogen and oxygen atoms in total. The van der Waals surface area contributed by atoms with Crippen molar-refractivity contribution in [3.05, 3.63) is 35.4 Å². The molecule has 1 aliphatic heterocycles. The summed E-state index contributed by atoms with van der Waals surface area (Å²) in [4.78, 5) is 12.3. The molecule has 3 rings (SSSR count). The van der Waals surface area contributed by atoms with Gasteiger partial charge in [-0.3, -0.25) is 4.79 Å². The number of rotatable bonds is 4. The van der Waals surface area contributed by atoms with Gasteiger partial charge in [-0.15, -0.1) is 0 Å². The van der Waals surface area contributed by atoms with E-state index in [9.17, 15) is 22.0 Å². The van der Waals surface area contributed by atoms with E-state index >= 15 is 0 Å². The first-order valence-corrected chi connectivity index (χ1v) is 10.1. The fraction of sp³-hybridized carbons (Fsp3) is 0.588. The summed E-state index contributed by atoms with van der Waals surface area (Å²) < 4.78 is 51.5. The predicted octanol–water partition coefficient (Wildman–Crippen LogP) is 2.33. The zero-order valence-corrected chi connectivity index (χ0v) is 14.2. The Morgan fingerprint density at radius 2 is 1.83 bits per heavy atom. The molecule has 0 radical (unpaired) electrons. The Bertz CT molecular complexity index is 722. The van der Waals surface area contributed by atoms with Gasteiger partial charge in [0.1, 0.15) is 11.6 Å². The summed E-state index contributed by atoms with van der Waals surface area (Å²) >= 11 is 0. The van der Waals surface area contributed by atoms with Gasteiger partial charge in [0.25, 0.3) is 0 Å². The zero-order chi connectivity index (χ0) is 17.4. The average molecular weight is 357 g/mol. The number of sulfone groups is 1. The number of hydrogen-bond acceptors (Lipinski definition) is 3. The minimum absolute atomic E-state index is 0.0260. The number of halogens is 2. The molecule has 0 spiro atoms. The van der Waals surface area contributed by atoms with Crippen molar-refractivity contribution < 1.29 is 22.0 Å². The smallest absolute Gasteiger partial charge is 0.224 e. The summed E-state index contributed by atoms with van der Waals surface area (Å²) in [6.45, 7) is 0.139. The standard InChI is InChI=1S/C17H21F2NO3S/c18-13-4-3-5-14(19)15(13)17(7-1-2-8-17)11-20-16(21)12-6-9-24(22,23)10-12/h3-5,12H,1-2,6-11H2,(H,20,21)/t12-/m1/s1. The molecule has 2 aliphatic rings. The summed E-state index contributed by atoms with van der Waals surface area (Å²) in [5.41, 5.74) is -0.704. The second-order valence-electron chi connectivity index (χ2n) is 6.90. The number of hydrogen-bond donors (Lipinski definition) is 1. The molecule has 1 heterocycles. The van der Waals surface area contributed by atoms with Gasteiger partial charge >= 0.3 is 0 Å². The van der Waals surface area contributed by atoms with Crippen molar-refractivity contribution in [1.82, 2.24) is 5.32 Å². The molecule has 1 atom stereocenters. The van der Waals surface area contributed by atoms with Crippen molar-refractivity contribution in [2.24, 2.45) is 5.92 Å². The normalized spacial score (nSPS) is 24.8. The highest BCUT2D eigenvalue weighted by molar-refractivity contribution is 7.91. The van der Waals surface area contributed by atoms with Crippen LogP contribution in [0.1, 0.15) is 37.7 Å². The lowest BCUT2D eigenvalue weighted by Gasteiger charge is -2.31. The quantitative estimate of drug-likeness (QED) is 0.900. The summed E-state index contributed by atoms with van der Waals surface area (Å²) in [7, 11) is -3.14. The van der Waals surface area contributed by atoms with Crippen LogP contribution in [-0.4, -0.2) is 32.4 Å². The van der Waals surface area contributed by atoms with Crippen molar-refractivity contribution in [3.8, 4) is 0 Å². The summed E-state index contributed by atoms with van der Waals surface area (Å²) in [6, 6.07) is 3.81. The molecule has 1 saturated carbocycles. The zero-order valence-electron chi connectivity index (χ0n) is 13.4. The molecular formula is C17H21F2NO3S. The summed E-state index contributed by atoms with van der Waals surface area (Å²) in [5.74, 6) is -2.18. The van der Waals surface area contributed by atoms with E-state index in [4.69, 9.17) is 0 Å². The van der Waals surface area contributed by atoms with Crippen LogP contribution in [0.2, 0.25) is 0 Å². The van der Waals surface area contributed by atoms with E-state index in [0.29, 0.717) is 19.3 Å². The molecule has 1 amide bonds. The molecular weight excluding hydrogens is 336 g/mol. The van der Waals surface area contributed by atoms with Gasteiger partial charge in [0, 0.05) is 17.5 Å². The number of nitrogens with one attached hydrogen (secondary N) is 1. The molecule has 1 aromatic rings. The van der Waals surface area contributed by atoms with Gasteiger partial charge < -0.3 is 5.32 Å². The molecule has 132 valence electrons. The number of carbonyl (C=O) groups is 1. The third-order valence-electron chi connectivity index (χ3n) is 5.26. The largest absolute Gasteiger partial charge is 0.355 e. The monoisotopic (exact) mass is 357 g/mol. The van der Waals surface area contributed by atoms with Crippen LogP contribution in [0.3, 0.4) is 0 Å². The van der Waals surface area contributed by atoms with Crippen LogP contribution in [0.4, 0.5) is 8.78 Å². The Hall–Kier alpha value is -1.50. The SMILES string of the molecule is O=C(NCC1(c2c(F)cccc2F)CCCC1)[C@@H]1CCS(=O)(=O)C1. The van der Waals surface area contributed by atoms with Crippen LogP contribution in [0, 0.1) is 17.6 Å². The van der Waals surface area contributed by atoms with E-state index < -0.39 is 32.8 Å². The van der Waals surface area contributed by atoms with Gasteiger partial charge in [0.15, 0.2) is 9.84 Å². The maximum atomic E-state index is 14.2. The molecule has 0 unspecified atom stereocenters. The van der Waals surface area contributed by atoms with Gasteiger partial charge in [-0.25, -0.2) is 17.2 Å². The Labute approximate surface area is 140 Å². The molecule has 24 heavy (non-hydrogen) atoms. The highest BCUT2D eigenvalue weighted by atomic mass is 32.2. The van der Waals surface area contributed by atoms with Gasteiger partial charge in [-0.2, -0.15) is 0 Å². The molecule has 1 N–H and O–H groups in total. The molecule has 2 fully saturated rings. The maximum absolute atomic E-state index is 14.2. The first-order chi connectivity index (χ1) is 11.3. The van der Waals surface area contributed by atoms with Gasteiger partial charge in [-0.1, -0.05) is 18.9 Å². The average Bonchev–Trinajstić information content (AvgIpc) is 3.12. The minimum Gasteiger partial charge on any atom is -0.355 e. The topological polar surface area (TPSA) is 63.2 Å².